The maximum Gasteiger partial charge on any atom is 0.140 e. The Kier molecular flexibility index (Phi) is 5.04. The third-order valence-electron chi connectivity index (χ3n) is 4.57. The number of hydrogen-bond acceptors (Lipinski definition) is 3. The van der Waals surface area contributed by atoms with Gasteiger partial charge in [-0.15, -0.1) is 0 Å². The molecule has 0 saturated heterocycles. The Morgan fingerprint density at radius 3 is 1.89 bits per heavy atom. The highest BCUT2D eigenvalue weighted by molar-refractivity contribution is 6.33. The molecule has 5 heteroatoms. The predicted octanol–water partition coefficient (Wildman–Crippen LogP) is 6.08. The molecule has 3 aromatic carbocycles. The fraction of sp³-hybridized carbons (Fsp3) is 0.0870. The third kappa shape index (κ3) is 3.23. The molecule has 4 rings (SSSR count). The van der Waals surface area contributed by atoms with Crippen LogP contribution in [0.1, 0.15) is 0 Å². The summed E-state index contributed by atoms with van der Waals surface area (Å²) in [5.41, 5.74) is 4.26. The number of nitrogens with one attached hydrogen (secondary N) is 1. The summed E-state index contributed by atoms with van der Waals surface area (Å²) in [6, 6.07) is 23.3. The highest BCUT2D eigenvalue weighted by atomic mass is 35.5. The molecule has 0 atom stereocenters. The maximum atomic E-state index is 6.42. The second kappa shape index (κ2) is 7.79. The molecule has 0 aliphatic rings. The summed E-state index contributed by atoms with van der Waals surface area (Å²) in [4.78, 5) is 8.34. The average molecular weight is 391 g/mol. The molecule has 1 N–H and O–H groups in total. The molecular weight excluding hydrogens is 372 g/mol. The molecule has 140 valence electrons. The number of ether oxygens (including phenoxy) is 2. The van der Waals surface area contributed by atoms with Gasteiger partial charge in [0.2, 0.25) is 0 Å². The lowest BCUT2D eigenvalue weighted by atomic mass is 10.0. The monoisotopic (exact) mass is 390 g/mol. The summed E-state index contributed by atoms with van der Waals surface area (Å²) in [6.07, 6.45) is 0. The number of H-pyrrole nitrogens is 1. The number of rotatable bonds is 5. The van der Waals surface area contributed by atoms with Gasteiger partial charge in [-0.1, -0.05) is 48.0 Å². The first kappa shape index (κ1) is 18.1. The van der Waals surface area contributed by atoms with E-state index < -0.39 is 0 Å². The van der Waals surface area contributed by atoms with Crippen LogP contribution >= 0.6 is 11.6 Å². The zero-order valence-corrected chi connectivity index (χ0v) is 16.3. The van der Waals surface area contributed by atoms with Crippen molar-refractivity contribution >= 4 is 11.6 Å². The first-order valence-corrected chi connectivity index (χ1v) is 9.22. The molecule has 0 radical (unpaired) electrons. The minimum atomic E-state index is 0.634. The first-order chi connectivity index (χ1) is 13.7. The molecule has 0 amide bonds. The minimum absolute atomic E-state index is 0.634. The van der Waals surface area contributed by atoms with Crippen molar-refractivity contribution in [2.24, 2.45) is 0 Å². The molecular formula is C23H19ClN2O2. The van der Waals surface area contributed by atoms with Crippen LogP contribution in [0.3, 0.4) is 0 Å². The van der Waals surface area contributed by atoms with Gasteiger partial charge in [-0.2, -0.15) is 0 Å². The Morgan fingerprint density at radius 1 is 0.714 bits per heavy atom. The van der Waals surface area contributed by atoms with Crippen molar-refractivity contribution in [1.82, 2.24) is 9.97 Å². The van der Waals surface area contributed by atoms with E-state index >= 15 is 0 Å². The van der Waals surface area contributed by atoms with Gasteiger partial charge in [0.05, 0.1) is 24.9 Å². The number of aromatic nitrogens is 2. The van der Waals surface area contributed by atoms with E-state index in [0.29, 0.717) is 10.8 Å². The van der Waals surface area contributed by atoms with Crippen LogP contribution < -0.4 is 9.47 Å². The van der Waals surface area contributed by atoms with E-state index in [9.17, 15) is 0 Å². The van der Waals surface area contributed by atoms with Gasteiger partial charge in [-0.25, -0.2) is 4.98 Å². The Labute approximate surface area is 168 Å². The number of methoxy groups -OCH3 is 2. The van der Waals surface area contributed by atoms with Crippen LogP contribution in [0.2, 0.25) is 5.02 Å². The van der Waals surface area contributed by atoms with Gasteiger partial charge in [0.1, 0.15) is 23.0 Å². The number of imidazole rings is 1. The predicted molar refractivity (Wildman–Crippen MR) is 113 cm³/mol. The minimum Gasteiger partial charge on any atom is -0.496 e. The molecule has 0 aliphatic carbocycles. The Hall–Kier alpha value is -3.24. The van der Waals surface area contributed by atoms with Gasteiger partial charge < -0.3 is 14.5 Å². The van der Waals surface area contributed by atoms with Crippen molar-refractivity contribution in [2.45, 2.75) is 0 Å². The van der Waals surface area contributed by atoms with Crippen LogP contribution in [-0.4, -0.2) is 24.2 Å². The van der Waals surface area contributed by atoms with Gasteiger partial charge >= 0.3 is 0 Å². The average Bonchev–Trinajstić information content (AvgIpc) is 3.18. The molecule has 0 bridgehead atoms. The molecule has 1 heterocycles. The fourth-order valence-corrected chi connectivity index (χ4v) is 3.46. The molecule has 1 aromatic heterocycles. The number of nitrogens with zero attached hydrogens (tertiary/aromatic N) is 1. The second-order valence-corrected chi connectivity index (χ2v) is 6.60. The largest absolute Gasteiger partial charge is 0.496 e. The number of halogens is 1. The molecule has 4 aromatic rings. The first-order valence-electron chi connectivity index (χ1n) is 8.84. The normalized spacial score (nSPS) is 10.7. The summed E-state index contributed by atoms with van der Waals surface area (Å²) in [6.45, 7) is 0. The zero-order valence-electron chi connectivity index (χ0n) is 15.6. The molecule has 0 aliphatic heterocycles. The van der Waals surface area contributed by atoms with E-state index in [-0.39, 0.29) is 0 Å². The topological polar surface area (TPSA) is 47.1 Å². The van der Waals surface area contributed by atoms with Crippen molar-refractivity contribution in [3.05, 3.63) is 77.8 Å². The Morgan fingerprint density at radius 2 is 1.25 bits per heavy atom. The standard InChI is InChI=1S/C23H19ClN2O2/c1-27-19-13-7-4-10-16(19)21-22(17-11-5-8-14-20(17)28-2)26-23(25-21)15-9-3-6-12-18(15)24/h3-14H,1-2H3,(H,25,26). The molecule has 28 heavy (non-hydrogen) atoms. The molecule has 0 unspecified atom stereocenters. The van der Waals surface area contributed by atoms with Gasteiger partial charge in [0.25, 0.3) is 0 Å². The summed E-state index contributed by atoms with van der Waals surface area (Å²) in [5, 5.41) is 0.634. The lowest BCUT2D eigenvalue weighted by Crippen LogP contribution is -1.92. The van der Waals surface area contributed by atoms with Crippen LogP contribution in [0, 0.1) is 0 Å². The van der Waals surface area contributed by atoms with Crippen LogP contribution in [0.25, 0.3) is 33.9 Å². The molecule has 4 nitrogen and oxygen atoms in total. The van der Waals surface area contributed by atoms with E-state index in [1.165, 1.54) is 0 Å². The Balaban J connectivity index is 2.00. The van der Waals surface area contributed by atoms with Crippen molar-refractivity contribution in [2.75, 3.05) is 14.2 Å². The summed E-state index contributed by atoms with van der Waals surface area (Å²) in [5.74, 6) is 2.19. The van der Waals surface area contributed by atoms with E-state index in [1.807, 2.05) is 72.8 Å². The summed E-state index contributed by atoms with van der Waals surface area (Å²) >= 11 is 6.42. The second-order valence-electron chi connectivity index (χ2n) is 6.19. The highest BCUT2D eigenvalue weighted by Gasteiger charge is 2.21. The van der Waals surface area contributed by atoms with E-state index in [0.717, 1.165) is 39.6 Å². The van der Waals surface area contributed by atoms with Gasteiger partial charge in [-0.3, -0.25) is 0 Å². The number of para-hydroxylation sites is 2. The van der Waals surface area contributed by atoms with Crippen molar-refractivity contribution in [1.29, 1.82) is 0 Å². The highest BCUT2D eigenvalue weighted by Crippen LogP contribution is 2.41. The number of hydrogen-bond donors (Lipinski definition) is 1. The van der Waals surface area contributed by atoms with Gasteiger partial charge in [-0.05, 0) is 36.4 Å². The van der Waals surface area contributed by atoms with Crippen LogP contribution in [0.5, 0.6) is 11.5 Å². The fourth-order valence-electron chi connectivity index (χ4n) is 3.24. The zero-order chi connectivity index (χ0) is 19.5. The van der Waals surface area contributed by atoms with Gasteiger partial charge in [0.15, 0.2) is 0 Å². The van der Waals surface area contributed by atoms with Crippen LogP contribution in [0.4, 0.5) is 0 Å². The van der Waals surface area contributed by atoms with E-state index in [2.05, 4.69) is 4.98 Å². The van der Waals surface area contributed by atoms with Crippen LogP contribution in [0.15, 0.2) is 72.8 Å². The Bertz CT molecular complexity index is 1060. The van der Waals surface area contributed by atoms with Crippen molar-refractivity contribution < 1.29 is 9.47 Å². The summed E-state index contributed by atoms with van der Waals surface area (Å²) < 4.78 is 11.2. The number of aromatic amines is 1. The molecule has 0 spiro atoms. The molecule has 0 fully saturated rings. The lowest BCUT2D eigenvalue weighted by molar-refractivity contribution is 0.415. The SMILES string of the molecule is COc1ccccc1-c1nc(-c2ccccc2Cl)[nH]c1-c1ccccc1OC. The quantitative estimate of drug-likeness (QED) is 0.449. The van der Waals surface area contributed by atoms with E-state index in [1.54, 1.807) is 14.2 Å². The van der Waals surface area contributed by atoms with Crippen molar-refractivity contribution in [3.63, 3.8) is 0 Å². The van der Waals surface area contributed by atoms with Crippen molar-refractivity contribution in [3.8, 4) is 45.4 Å². The smallest absolute Gasteiger partial charge is 0.140 e. The lowest BCUT2D eigenvalue weighted by Gasteiger charge is -2.10. The molecule has 0 saturated carbocycles. The maximum absolute atomic E-state index is 6.42. The van der Waals surface area contributed by atoms with Crippen LogP contribution in [-0.2, 0) is 0 Å². The van der Waals surface area contributed by atoms with E-state index in [4.69, 9.17) is 26.1 Å². The van der Waals surface area contributed by atoms with Gasteiger partial charge in [0, 0.05) is 16.7 Å². The summed E-state index contributed by atoms with van der Waals surface area (Å²) in [7, 11) is 3.32. The number of benzene rings is 3. The third-order valence-corrected chi connectivity index (χ3v) is 4.90.